The Bertz CT molecular complexity index is 197. The van der Waals surface area contributed by atoms with Crippen LogP contribution in [0.15, 0.2) is 24.3 Å². The Morgan fingerprint density at radius 3 is 2.44 bits per heavy atom. The standard InChI is InChI=1S/C14H27NO/c1-3-4-5-6-7-8-9-10-11-12-14(16)13(2)15/h8-11,13-14,16H,3-7,12,15H2,1-2H3/b9-8+,11-10+/t13-,14+/m1/s1. The lowest BCUT2D eigenvalue weighted by Gasteiger charge is -2.10. The molecule has 0 amide bonds. The number of unbranched alkanes of at least 4 members (excludes halogenated alkanes) is 4. The van der Waals surface area contributed by atoms with Gasteiger partial charge < -0.3 is 10.8 Å². The Morgan fingerprint density at radius 1 is 1.12 bits per heavy atom. The minimum atomic E-state index is -0.422. The van der Waals surface area contributed by atoms with Gasteiger partial charge in [0.2, 0.25) is 0 Å². The number of rotatable bonds is 9. The van der Waals surface area contributed by atoms with Gasteiger partial charge in [-0.3, -0.25) is 0 Å². The second-order valence-electron chi connectivity index (χ2n) is 4.37. The molecule has 0 heterocycles. The van der Waals surface area contributed by atoms with E-state index in [0.29, 0.717) is 6.42 Å². The van der Waals surface area contributed by atoms with E-state index in [4.69, 9.17) is 5.73 Å². The predicted octanol–water partition coefficient (Wildman–Crippen LogP) is 3.17. The monoisotopic (exact) mass is 225 g/mol. The van der Waals surface area contributed by atoms with E-state index in [2.05, 4.69) is 19.1 Å². The third kappa shape index (κ3) is 9.94. The Hall–Kier alpha value is -0.600. The van der Waals surface area contributed by atoms with Crippen LogP contribution in [0.3, 0.4) is 0 Å². The van der Waals surface area contributed by atoms with Crippen molar-refractivity contribution in [2.75, 3.05) is 0 Å². The summed E-state index contributed by atoms with van der Waals surface area (Å²) in [6, 6.07) is -0.150. The van der Waals surface area contributed by atoms with Crippen molar-refractivity contribution in [1.29, 1.82) is 0 Å². The molecule has 0 unspecified atom stereocenters. The number of hydrogen-bond donors (Lipinski definition) is 2. The first-order valence-corrected chi connectivity index (χ1v) is 6.43. The summed E-state index contributed by atoms with van der Waals surface area (Å²) in [4.78, 5) is 0. The van der Waals surface area contributed by atoms with Gasteiger partial charge in [-0.1, -0.05) is 50.5 Å². The van der Waals surface area contributed by atoms with Crippen LogP contribution in [-0.2, 0) is 0 Å². The molecule has 0 bridgehead atoms. The van der Waals surface area contributed by atoms with E-state index in [1.54, 1.807) is 0 Å². The molecule has 0 aliphatic carbocycles. The highest BCUT2D eigenvalue weighted by molar-refractivity contribution is 5.03. The minimum Gasteiger partial charge on any atom is -0.391 e. The van der Waals surface area contributed by atoms with Crippen LogP contribution < -0.4 is 5.73 Å². The first kappa shape index (κ1) is 15.4. The second-order valence-corrected chi connectivity index (χ2v) is 4.37. The van der Waals surface area contributed by atoms with Crippen molar-refractivity contribution >= 4 is 0 Å². The molecule has 0 saturated heterocycles. The average Bonchev–Trinajstić information content (AvgIpc) is 2.26. The fraction of sp³-hybridized carbons (Fsp3) is 0.714. The summed E-state index contributed by atoms with van der Waals surface area (Å²) >= 11 is 0. The summed E-state index contributed by atoms with van der Waals surface area (Å²) in [6.45, 7) is 4.05. The number of allylic oxidation sites excluding steroid dienone is 3. The van der Waals surface area contributed by atoms with E-state index in [1.807, 2.05) is 19.1 Å². The molecule has 0 aromatic heterocycles. The van der Waals surface area contributed by atoms with Gasteiger partial charge in [0.1, 0.15) is 0 Å². The molecule has 0 aromatic carbocycles. The van der Waals surface area contributed by atoms with Crippen LogP contribution >= 0.6 is 0 Å². The highest BCUT2D eigenvalue weighted by atomic mass is 16.3. The molecular formula is C14H27NO. The summed E-state index contributed by atoms with van der Waals surface area (Å²) < 4.78 is 0. The highest BCUT2D eigenvalue weighted by Crippen LogP contribution is 2.03. The van der Waals surface area contributed by atoms with E-state index >= 15 is 0 Å². The summed E-state index contributed by atoms with van der Waals surface area (Å²) in [5.74, 6) is 0. The smallest absolute Gasteiger partial charge is 0.0722 e. The van der Waals surface area contributed by atoms with Crippen LogP contribution in [0.2, 0.25) is 0 Å². The van der Waals surface area contributed by atoms with Gasteiger partial charge in [0.25, 0.3) is 0 Å². The van der Waals surface area contributed by atoms with Crippen molar-refractivity contribution in [3.8, 4) is 0 Å². The van der Waals surface area contributed by atoms with Crippen LogP contribution in [0.1, 0.15) is 52.4 Å². The third-order valence-electron chi connectivity index (χ3n) is 2.59. The fourth-order valence-electron chi connectivity index (χ4n) is 1.37. The zero-order valence-electron chi connectivity index (χ0n) is 10.7. The molecule has 2 heteroatoms. The van der Waals surface area contributed by atoms with Crippen molar-refractivity contribution < 1.29 is 5.11 Å². The van der Waals surface area contributed by atoms with E-state index in [1.165, 1.54) is 25.7 Å². The first-order chi connectivity index (χ1) is 7.68. The molecule has 0 rings (SSSR count). The van der Waals surface area contributed by atoms with Gasteiger partial charge in [0.05, 0.1) is 6.10 Å². The largest absolute Gasteiger partial charge is 0.391 e. The van der Waals surface area contributed by atoms with E-state index < -0.39 is 6.10 Å². The number of aliphatic hydroxyl groups excluding tert-OH is 1. The number of hydrogen-bond acceptors (Lipinski definition) is 2. The summed E-state index contributed by atoms with van der Waals surface area (Å²) in [6.07, 6.45) is 14.8. The second kappa shape index (κ2) is 10.9. The molecule has 0 fully saturated rings. The lowest BCUT2D eigenvalue weighted by Crippen LogP contribution is -2.30. The zero-order chi connectivity index (χ0) is 12.2. The molecule has 0 aromatic rings. The molecule has 0 saturated carbocycles. The number of aliphatic hydroxyl groups is 1. The zero-order valence-corrected chi connectivity index (χ0v) is 10.7. The fourth-order valence-corrected chi connectivity index (χ4v) is 1.37. The van der Waals surface area contributed by atoms with E-state index in [0.717, 1.165) is 6.42 Å². The molecule has 2 nitrogen and oxygen atoms in total. The SMILES string of the molecule is CCCCCC/C=C/C=C/C[C@H](O)[C@@H](C)N. The van der Waals surface area contributed by atoms with Gasteiger partial charge in [0, 0.05) is 6.04 Å². The molecule has 0 aliphatic rings. The van der Waals surface area contributed by atoms with E-state index in [-0.39, 0.29) is 6.04 Å². The van der Waals surface area contributed by atoms with Gasteiger partial charge in [-0.05, 0) is 26.2 Å². The summed E-state index contributed by atoms with van der Waals surface area (Å²) in [5.41, 5.74) is 5.54. The minimum absolute atomic E-state index is 0.150. The maximum absolute atomic E-state index is 9.43. The predicted molar refractivity (Wildman–Crippen MR) is 71.3 cm³/mol. The normalized spacial score (nSPS) is 16.0. The number of nitrogens with two attached hydrogens (primary N) is 1. The molecule has 16 heavy (non-hydrogen) atoms. The third-order valence-corrected chi connectivity index (χ3v) is 2.59. The Kier molecular flexibility index (Phi) is 10.5. The highest BCUT2D eigenvalue weighted by Gasteiger charge is 2.05. The first-order valence-electron chi connectivity index (χ1n) is 6.43. The van der Waals surface area contributed by atoms with Gasteiger partial charge >= 0.3 is 0 Å². The van der Waals surface area contributed by atoms with Crippen LogP contribution in [0.25, 0.3) is 0 Å². The Morgan fingerprint density at radius 2 is 1.81 bits per heavy atom. The van der Waals surface area contributed by atoms with Gasteiger partial charge in [-0.15, -0.1) is 0 Å². The van der Waals surface area contributed by atoms with Crippen molar-refractivity contribution in [1.82, 2.24) is 0 Å². The van der Waals surface area contributed by atoms with Crippen molar-refractivity contribution in [2.45, 2.75) is 64.5 Å². The van der Waals surface area contributed by atoms with Gasteiger partial charge in [-0.2, -0.15) is 0 Å². The van der Waals surface area contributed by atoms with E-state index in [9.17, 15) is 5.11 Å². The topological polar surface area (TPSA) is 46.2 Å². The van der Waals surface area contributed by atoms with Crippen LogP contribution in [0, 0.1) is 0 Å². The molecule has 94 valence electrons. The van der Waals surface area contributed by atoms with Gasteiger partial charge in [0.15, 0.2) is 0 Å². The molecule has 0 aliphatic heterocycles. The van der Waals surface area contributed by atoms with Crippen LogP contribution in [0.4, 0.5) is 0 Å². The lowest BCUT2D eigenvalue weighted by molar-refractivity contribution is 0.154. The molecule has 3 N–H and O–H groups in total. The Labute approximate surface area is 100 Å². The van der Waals surface area contributed by atoms with Crippen LogP contribution in [-0.4, -0.2) is 17.3 Å². The maximum Gasteiger partial charge on any atom is 0.0722 e. The van der Waals surface area contributed by atoms with Crippen molar-refractivity contribution in [2.24, 2.45) is 5.73 Å². The summed E-state index contributed by atoms with van der Waals surface area (Å²) in [5, 5.41) is 9.43. The molecule has 0 radical (unpaired) electrons. The van der Waals surface area contributed by atoms with Crippen LogP contribution in [0.5, 0.6) is 0 Å². The molecular weight excluding hydrogens is 198 g/mol. The van der Waals surface area contributed by atoms with Crippen molar-refractivity contribution in [3.05, 3.63) is 24.3 Å². The maximum atomic E-state index is 9.43. The van der Waals surface area contributed by atoms with Gasteiger partial charge in [-0.25, -0.2) is 0 Å². The molecule has 2 atom stereocenters. The van der Waals surface area contributed by atoms with Crippen molar-refractivity contribution in [3.63, 3.8) is 0 Å². The Balaban J connectivity index is 3.41. The quantitative estimate of drug-likeness (QED) is 0.467. The lowest BCUT2D eigenvalue weighted by atomic mass is 10.1. The average molecular weight is 225 g/mol. The summed E-state index contributed by atoms with van der Waals surface area (Å²) in [7, 11) is 0. The molecule has 0 spiro atoms.